The number of amides is 1. The molecule has 0 spiro atoms. The first-order valence-electron chi connectivity index (χ1n) is 6.34. The SMILES string of the molecule is CCOc1ccc(CNC(=O)c2ccccc2)cc1. The molecule has 0 bridgehead atoms. The van der Waals surface area contributed by atoms with E-state index < -0.39 is 0 Å². The van der Waals surface area contributed by atoms with Crippen LogP contribution in [0.15, 0.2) is 54.6 Å². The summed E-state index contributed by atoms with van der Waals surface area (Å²) in [5, 5.41) is 2.89. The van der Waals surface area contributed by atoms with E-state index >= 15 is 0 Å². The van der Waals surface area contributed by atoms with Crippen LogP contribution in [-0.4, -0.2) is 12.5 Å². The molecule has 19 heavy (non-hydrogen) atoms. The van der Waals surface area contributed by atoms with Gasteiger partial charge in [0.1, 0.15) is 5.75 Å². The van der Waals surface area contributed by atoms with Gasteiger partial charge in [-0.3, -0.25) is 4.79 Å². The van der Waals surface area contributed by atoms with Crippen molar-refractivity contribution in [3.63, 3.8) is 0 Å². The summed E-state index contributed by atoms with van der Waals surface area (Å²) in [6, 6.07) is 16.9. The minimum absolute atomic E-state index is 0.0607. The van der Waals surface area contributed by atoms with E-state index in [1.54, 1.807) is 12.1 Å². The molecule has 0 unspecified atom stereocenters. The van der Waals surface area contributed by atoms with Crippen LogP contribution in [0.5, 0.6) is 5.75 Å². The van der Waals surface area contributed by atoms with E-state index in [0.29, 0.717) is 18.7 Å². The lowest BCUT2D eigenvalue weighted by molar-refractivity contribution is 0.0951. The van der Waals surface area contributed by atoms with Gasteiger partial charge in [0.25, 0.3) is 5.91 Å². The normalized spacial score (nSPS) is 9.95. The predicted octanol–water partition coefficient (Wildman–Crippen LogP) is 3.02. The lowest BCUT2D eigenvalue weighted by atomic mass is 10.2. The number of nitrogens with one attached hydrogen (secondary N) is 1. The Hall–Kier alpha value is -2.29. The van der Waals surface area contributed by atoms with E-state index in [9.17, 15) is 4.79 Å². The third kappa shape index (κ3) is 3.85. The summed E-state index contributed by atoms with van der Waals surface area (Å²) in [5.74, 6) is 0.787. The van der Waals surface area contributed by atoms with Crippen molar-refractivity contribution in [3.05, 3.63) is 65.7 Å². The quantitative estimate of drug-likeness (QED) is 0.892. The molecule has 1 amide bonds. The largest absolute Gasteiger partial charge is 0.494 e. The minimum atomic E-state index is -0.0607. The van der Waals surface area contributed by atoms with Gasteiger partial charge in [0.15, 0.2) is 0 Å². The third-order valence-corrected chi connectivity index (χ3v) is 2.72. The van der Waals surface area contributed by atoms with Gasteiger partial charge in [0, 0.05) is 12.1 Å². The lowest BCUT2D eigenvalue weighted by Gasteiger charge is -2.07. The number of hydrogen-bond donors (Lipinski definition) is 1. The van der Waals surface area contributed by atoms with Gasteiger partial charge in [-0.1, -0.05) is 30.3 Å². The molecule has 0 aliphatic rings. The average Bonchev–Trinajstić information content (AvgIpc) is 2.47. The van der Waals surface area contributed by atoms with Gasteiger partial charge in [0.2, 0.25) is 0 Å². The van der Waals surface area contributed by atoms with Gasteiger partial charge >= 0.3 is 0 Å². The second-order valence-electron chi connectivity index (χ2n) is 4.13. The Labute approximate surface area is 113 Å². The molecule has 0 aromatic heterocycles. The molecule has 0 saturated carbocycles. The highest BCUT2D eigenvalue weighted by Gasteiger charge is 2.03. The van der Waals surface area contributed by atoms with Crippen molar-refractivity contribution in [2.24, 2.45) is 0 Å². The van der Waals surface area contributed by atoms with Gasteiger partial charge in [0.05, 0.1) is 6.61 Å². The van der Waals surface area contributed by atoms with Crippen molar-refractivity contribution in [2.45, 2.75) is 13.5 Å². The van der Waals surface area contributed by atoms with E-state index in [1.165, 1.54) is 0 Å². The van der Waals surface area contributed by atoms with Gasteiger partial charge in [-0.25, -0.2) is 0 Å². The van der Waals surface area contributed by atoms with Crippen molar-refractivity contribution in [3.8, 4) is 5.75 Å². The van der Waals surface area contributed by atoms with Crippen LogP contribution in [-0.2, 0) is 6.54 Å². The Morgan fingerprint density at radius 1 is 1.05 bits per heavy atom. The van der Waals surface area contributed by atoms with E-state index in [4.69, 9.17) is 4.74 Å². The van der Waals surface area contributed by atoms with Crippen LogP contribution >= 0.6 is 0 Å². The summed E-state index contributed by atoms with van der Waals surface area (Å²) in [6.07, 6.45) is 0. The van der Waals surface area contributed by atoms with Crippen LogP contribution in [0.25, 0.3) is 0 Å². The maximum atomic E-state index is 11.9. The average molecular weight is 255 g/mol. The summed E-state index contributed by atoms with van der Waals surface area (Å²) in [6.45, 7) is 3.12. The van der Waals surface area contributed by atoms with E-state index in [2.05, 4.69) is 5.32 Å². The Balaban J connectivity index is 1.90. The molecule has 0 radical (unpaired) electrons. The van der Waals surface area contributed by atoms with Gasteiger partial charge < -0.3 is 10.1 Å². The van der Waals surface area contributed by atoms with Crippen LogP contribution in [0.2, 0.25) is 0 Å². The summed E-state index contributed by atoms with van der Waals surface area (Å²) in [7, 11) is 0. The predicted molar refractivity (Wildman–Crippen MR) is 75.2 cm³/mol. The second-order valence-corrected chi connectivity index (χ2v) is 4.13. The fourth-order valence-electron chi connectivity index (χ4n) is 1.74. The number of rotatable bonds is 5. The summed E-state index contributed by atoms with van der Waals surface area (Å²) < 4.78 is 5.37. The summed E-state index contributed by atoms with van der Waals surface area (Å²) >= 11 is 0. The Bertz CT molecular complexity index is 520. The van der Waals surface area contributed by atoms with Gasteiger partial charge in [-0.2, -0.15) is 0 Å². The van der Waals surface area contributed by atoms with Crippen LogP contribution < -0.4 is 10.1 Å². The zero-order chi connectivity index (χ0) is 13.5. The zero-order valence-corrected chi connectivity index (χ0v) is 10.9. The fraction of sp³-hybridized carbons (Fsp3) is 0.188. The third-order valence-electron chi connectivity index (χ3n) is 2.72. The van der Waals surface area contributed by atoms with Crippen LogP contribution in [0.4, 0.5) is 0 Å². The topological polar surface area (TPSA) is 38.3 Å². The molecule has 0 aliphatic heterocycles. The summed E-state index contributed by atoms with van der Waals surface area (Å²) in [4.78, 5) is 11.9. The highest BCUT2D eigenvalue weighted by atomic mass is 16.5. The maximum Gasteiger partial charge on any atom is 0.251 e. The maximum absolute atomic E-state index is 11.9. The molecule has 0 fully saturated rings. The molecule has 0 aliphatic carbocycles. The minimum Gasteiger partial charge on any atom is -0.494 e. The summed E-state index contributed by atoms with van der Waals surface area (Å²) in [5.41, 5.74) is 1.72. The molecule has 3 heteroatoms. The number of carbonyl (C=O) groups is 1. The molecule has 0 atom stereocenters. The van der Waals surface area contributed by atoms with Crippen LogP contribution in [0, 0.1) is 0 Å². The van der Waals surface area contributed by atoms with Crippen molar-refractivity contribution >= 4 is 5.91 Å². The first kappa shape index (κ1) is 13.1. The number of benzene rings is 2. The van der Waals surface area contributed by atoms with Gasteiger partial charge in [-0.15, -0.1) is 0 Å². The molecule has 0 saturated heterocycles. The molecule has 3 nitrogen and oxygen atoms in total. The molecule has 2 aromatic carbocycles. The Morgan fingerprint density at radius 2 is 1.74 bits per heavy atom. The molecular formula is C16H17NO2. The number of ether oxygens (including phenoxy) is 1. The monoisotopic (exact) mass is 255 g/mol. The Kier molecular flexibility index (Phi) is 4.56. The molecule has 0 heterocycles. The first-order valence-corrected chi connectivity index (χ1v) is 6.34. The van der Waals surface area contributed by atoms with Gasteiger partial charge in [-0.05, 0) is 36.8 Å². The fourth-order valence-corrected chi connectivity index (χ4v) is 1.74. The molecular weight excluding hydrogens is 238 g/mol. The van der Waals surface area contributed by atoms with E-state index in [-0.39, 0.29) is 5.91 Å². The highest BCUT2D eigenvalue weighted by molar-refractivity contribution is 5.94. The van der Waals surface area contributed by atoms with Crippen LogP contribution in [0.3, 0.4) is 0 Å². The lowest BCUT2D eigenvalue weighted by Crippen LogP contribution is -2.22. The van der Waals surface area contributed by atoms with Crippen molar-refractivity contribution < 1.29 is 9.53 Å². The molecule has 2 aromatic rings. The zero-order valence-electron chi connectivity index (χ0n) is 10.9. The van der Waals surface area contributed by atoms with Crippen molar-refractivity contribution in [1.29, 1.82) is 0 Å². The Morgan fingerprint density at radius 3 is 2.37 bits per heavy atom. The number of carbonyl (C=O) groups excluding carboxylic acids is 1. The molecule has 2 rings (SSSR count). The van der Waals surface area contributed by atoms with Crippen molar-refractivity contribution in [1.82, 2.24) is 5.32 Å². The van der Waals surface area contributed by atoms with Crippen molar-refractivity contribution in [2.75, 3.05) is 6.61 Å². The number of hydrogen-bond acceptors (Lipinski definition) is 2. The first-order chi connectivity index (χ1) is 9.29. The molecule has 1 N–H and O–H groups in total. The highest BCUT2D eigenvalue weighted by Crippen LogP contribution is 2.12. The van der Waals surface area contributed by atoms with E-state index in [1.807, 2.05) is 49.4 Å². The van der Waals surface area contributed by atoms with E-state index in [0.717, 1.165) is 11.3 Å². The smallest absolute Gasteiger partial charge is 0.251 e. The molecule has 98 valence electrons. The standard InChI is InChI=1S/C16H17NO2/c1-2-19-15-10-8-13(9-11-15)12-17-16(18)14-6-4-3-5-7-14/h3-11H,2,12H2,1H3,(H,17,18). The van der Waals surface area contributed by atoms with Crippen LogP contribution in [0.1, 0.15) is 22.8 Å². The second kappa shape index (κ2) is 6.59.